The van der Waals surface area contributed by atoms with Crippen LogP contribution in [0.4, 0.5) is 5.00 Å². The van der Waals surface area contributed by atoms with E-state index in [1.54, 1.807) is 24.3 Å². The van der Waals surface area contributed by atoms with Gasteiger partial charge >= 0.3 is 0 Å². The van der Waals surface area contributed by atoms with Crippen molar-refractivity contribution in [3.05, 3.63) is 81.7 Å². The maximum Gasteiger partial charge on any atom is 0.262 e. The molecule has 164 valence electrons. The lowest BCUT2D eigenvalue weighted by Gasteiger charge is -2.13. The Morgan fingerprint density at radius 2 is 1.75 bits per heavy atom. The van der Waals surface area contributed by atoms with E-state index < -0.39 is 0 Å². The highest BCUT2D eigenvalue weighted by molar-refractivity contribution is 7.17. The minimum absolute atomic E-state index is 0.172. The molecular weight excluding hydrogens is 424 g/mol. The van der Waals surface area contributed by atoms with Gasteiger partial charge in [0.15, 0.2) is 6.61 Å². The Hall–Kier alpha value is -3.45. The van der Waals surface area contributed by atoms with Gasteiger partial charge in [0, 0.05) is 17.0 Å². The third kappa shape index (κ3) is 5.23. The average molecular weight is 449 g/mol. The zero-order valence-corrected chi connectivity index (χ0v) is 18.4. The highest BCUT2D eigenvalue weighted by Gasteiger charge is 2.26. The number of thiophene rings is 1. The van der Waals surface area contributed by atoms with Crippen molar-refractivity contribution in [2.75, 3.05) is 11.9 Å². The molecule has 0 radical (unpaired) electrons. The minimum atomic E-state index is -0.333. The van der Waals surface area contributed by atoms with E-state index in [1.807, 2.05) is 30.3 Å². The van der Waals surface area contributed by atoms with Crippen molar-refractivity contribution in [3.8, 4) is 5.75 Å². The number of aryl methyl sites for hydroxylation is 1. The molecule has 2 aromatic carbocycles. The molecule has 0 atom stereocenters. The Morgan fingerprint density at radius 3 is 2.50 bits per heavy atom. The normalized spacial score (nSPS) is 12.5. The summed E-state index contributed by atoms with van der Waals surface area (Å²) < 4.78 is 5.52. The number of hydrogen-bond donors (Lipinski definition) is 2. The predicted molar refractivity (Wildman–Crippen MR) is 125 cm³/mol. The summed E-state index contributed by atoms with van der Waals surface area (Å²) in [6.07, 6.45) is 4.64. The minimum Gasteiger partial charge on any atom is -0.484 e. The van der Waals surface area contributed by atoms with E-state index in [0.717, 1.165) is 43.1 Å². The van der Waals surface area contributed by atoms with Crippen LogP contribution in [0.2, 0.25) is 0 Å². The highest BCUT2D eigenvalue weighted by Crippen LogP contribution is 2.38. The van der Waals surface area contributed by atoms with Crippen LogP contribution in [-0.2, 0) is 24.2 Å². The second-order valence-electron chi connectivity index (χ2n) is 7.61. The molecule has 1 heterocycles. The molecule has 1 aromatic heterocycles. The molecule has 0 spiro atoms. The van der Waals surface area contributed by atoms with Crippen LogP contribution in [0, 0.1) is 0 Å². The topological polar surface area (TPSA) is 84.5 Å². The molecule has 0 fully saturated rings. The number of ether oxygens (including phenoxy) is 1. The SMILES string of the molecule is O=Cc1ccc(OCC(=O)Nc2sc3c(c2C(=O)NCc2ccccc2)CCCC3)cc1. The monoisotopic (exact) mass is 448 g/mol. The van der Waals surface area contributed by atoms with E-state index in [4.69, 9.17) is 4.74 Å². The van der Waals surface area contributed by atoms with Crippen molar-refractivity contribution in [2.24, 2.45) is 0 Å². The second-order valence-corrected chi connectivity index (χ2v) is 8.71. The van der Waals surface area contributed by atoms with Crippen molar-refractivity contribution in [1.82, 2.24) is 5.32 Å². The van der Waals surface area contributed by atoms with Gasteiger partial charge in [-0.25, -0.2) is 0 Å². The lowest BCUT2D eigenvalue weighted by molar-refractivity contribution is -0.118. The van der Waals surface area contributed by atoms with Crippen LogP contribution >= 0.6 is 11.3 Å². The van der Waals surface area contributed by atoms with Crippen molar-refractivity contribution < 1.29 is 19.1 Å². The van der Waals surface area contributed by atoms with Gasteiger partial charge < -0.3 is 15.4 Å². The van der Waals surface area contributed by atoms with Crippen molar-refractivity contribution >= 4 is 34.4 Å². The number of aldehydes is 1. The maximum absolute atomic E-state index is 13.1. The fourth-order valence-electron chi connectivity index (χ4n) is 3.71. The van der Waals surface area contributed by atoms with Crippen LogP contribution in [0.15, 0.2) is 54.6 Å². The molecule has 0 saturated carbocycles. The first-order valence-corrected chi connectivity index (χ1v) is 11.4. The van der Waals surface area contributed by atoms with Crippen molar-refractivity contribution in [2.45, 2.75) is 32.2 Å². The summed E-state index contributed by atoms with van der Waals surface area (Å²) in [5.41, 5.74) is 3.18. The first kappa shape index (κ1) is 21.8. The number of hydrogen-bond acceptors (Lipinski definition) is 5. The second kappa shape index (κ2) is 10.2. The fourth-order valence-corrected chi connectivity index (χ4v) is 5.02. The van der Waals surface area contributed by atoms with Gasteiger partial charge in [-0.15, -0.1) is 11.3 Å². The predicted octanol–water partition coefficient (Wildman–Crippen LogP) is 4.39. The van der Waals surface area contributed by atoms with Gasteiger partial charge in [0.2, 0.25) is 0 Å². The van der Waals surface area contributed by atoms with Gasteiger partial charge in [0.05, 0.1) is 5.56 Å². The van der Waals surface area contributed by atoms with E-state index >= 15 is 0 Å². The number of carbonyl (C=O) groups is 3. The molecule has 0 aliphatic heterocycles. The number of carbonyl (C=O) groups excluding carboxylic acids is 3. The van der Waals surface area contributed by atoms with Crippen LogP contribution < -0.4 is 15.4 Å². The molecular formula is C25H24N2O4S. The summed E-state index contributed by atoms with van der Waals surface area (Å²) in [5.74, 6) is -0.00820. The van der Waals surface area contributed by atoms with E-state index in [2.05, 4.69) is 10.6 Å². The lowest BCUT2D eigenvalue weighted by Crippen LogP contribution is -2.26. The number of rotatable bonds is 8. The van der Waals surface area contributed by atoms with Crippen LogP contribution in [0.3, 0.4) is 0 Å². The smallest absolute Gasteiger partial charge is 0.262 e. The maximum atomic E-state index is 13.1. The Balaban J connectivity index is 1.45. The first-order chi connectivity index (χ1) is 15.6. The van der Waals surface area contributed by atoms with Gasteiger partial charge in [-0.3, -0.25) is 14.4 Å². The number of nitrogens with one attached hydrogen (secondary N) is 2. The summed E-state index contributed by atoms with van der Waals surface area (Å²) in [7, 11) is 0. The van der Waals surface area contributed by atoms with E-state index in [-0.39, 0.29) is 18.4 Å². The molecule has 3 aromatic rings. The Kier molecular flexibility index (Phi) is 6.97. The van der Waals surface area contributed by atoms with E-state index in [0.29, 0.717) is 28.4 Å². The zero-order chi connectivity index (χ0) is 22.3. The molecule has 2 N–H and O–H groups in total. The van der Waals surface area contributed by atoms with Gasteiger partial charge in [-0.05, 0) is 61.1 Å². The van der Waals surface area contributed by atoms with E-state index in [1.165, 1.54) is 16.2 Å². The number of amides is 2. The summed E-state index contributed by atoms with van der Waals surface area (Å²) in [5, 5.41) is 6.44. The molecule has 0 saturated heterocycles. The Morgan fingerprint density at radius 1 is 1.00 bits per heavy atom. The summed E-state index contributed by atoms with van der Waals surface area (Å²) in [4.78, 5) is 37.6. The Labute approximate surface area is 190 Å². The van der Waals surface area contributed by atoms with Gasteiger partial charge in [0.25, 0.3) is 11.8 Å². The van der Waals surface area contributed by atoms with Crippen LogP contribution in [0.1, 0.15) is 49.6 Å². The summed E-state index contributed by atoms with van der Waals surface area (Å²) >= 11 is 1.48. The van der Waals surface area contributed by atoms with Gasteiger partial charge in [0.1, 0.15) is 17.0 Å². The van der Waals surface area contributed by atoms with Gasteiger partial charge in [-0.2, -0.15) is 0 Å². The van der Waals surface area contributed by atoms with E-state index in [9.17, 15) is 14.4 Å². The van der Waals surface area contributed by atoms with Crippen molar-refractivity contribution in [3.63, 3.8) is 0 Å². The third-order valence-corrected chi connectivity index (χ3v) is 6.54. The quantitative estimate of drug-likeness (QED) is 0.501. The number of fused-ring (bicyclic) bond motifs is 1. The molecule has 32 heavy (non-hydrogen) atoms. The Bertz CT molecular complexity index is 1110. The molecule has 2 amide bonds. The fraction of sp³-hybridized carbons (Fsp3) is 0.240. The first-order valence-electron chi connectivity index (χ1n) is 10.6. The highest BCUT2D eigenvalue weighted by atomic mass is 32.1. The van der Waals surface area contributed by atoms with Crippen LogP contribution in [-0.4, -0.2) is 24.7 Å². The molecule has 1 aliphatic carbocycles. The summed E-state index contributed by atoms with van der Waals surface area (Å²) in [6, 6.07) is 16.3. The molecule has 6 nitrogen and oxygen atoms in total. The lowest BCUT2D eigenvalue weighted by atomic mass is 9.95. The number of anilines is 1. The average Bonchev–Trinajstić information content (AvgIpc) is 3.20. The summed E-state index contributed by atoms with van der Waals surface area (Å²) in [6.45, 7) is 0.242. The van der Waals surface area contributed by atoms with Crippen molar-refractivity contribution in [1.29, 1.82) is 0 Å². The molecule has 4 rings (SSSR count). The largest absolute Gasteiger partial charge is 0.484 e. The molecule has 0 bridgehead atoms. The third-order valence-electron chi connectivity index (χ3n) is 5.33. The zero-order valence-electron chi connectivity index (χ0n) is 17.6. The van der Waals surface area contributed by atoms with Crippen LogP contribution in [0.25, 0.3) is 0 Å². The number of benzene rings is 2. The standard InChI is InChI=1S/C25H24N2O4S/c28-15-18-10-12-19(13-11-18)31-16-22(29)27-25-23(20-8-4-5-9-21(20)32-25)24(30)26-14-17-6-2-1-3-7-17/h1-3,6-7,10-13,15H,4-5,8-9,14,16H2,(H,26,30)(H,27,29). The molecule has 7 heteroatoms. The molecule has 1 aliphatic rings. The van der Waals surface area contributed by atoms with Crippen LogP contribution in [0.5, 0.6) is 5.75 Å². The van der Waals surface area contributed by atoms with Gasteiger partial charge in [-0.1, -0.05) is 30.3 Å². The molecule has 0 unspecified atom stereocenters.